The quantitative estimate of drug-likeness (QED) is 0.843. The van der Waals surface area contributed by atoms with Crippen LogP contribution in [-0.2, 0) is 11.2 Å². The van der Waals surface area contributed by atoms with E-state index in [4.69, 9.17) is 4.74 Å². The highest BCUT2D eigenvalue weighted by Gasteiger charge is 2.16. The van der Waals surface area contributed by atoms with Gasteiger partial charge in [0.25, 0.3) is 5.91 Å². The maximum atomic E-state index is 12.3. The number of nitrogens with zero attached hydrogens (tertiary/aromatic N) is 1. The number of hydrogen-bond acceptors (Lipinski definition) is 4. The molecule has 21 heavy (non-hydrogen) atoms. The highest BCUT2D eigenvalue weighted by molar-refractivity contribution is 5.95. The van der Waals surface area contributed by atoms with E-state index in [1.54, 1.807) is 6.07 Å². The molecule has 0 saturated carbocycles. The fraction of sp³-hybridized carbons (Fsp3) is 0.625. The van der Waals surface area contributed by atoms with E-state index >= 15 is 0 Å². The first kappa shape index (κ1) is 15.8. The van der Waals surface area contributed by atoms with Crippen molar-refractivity contribution >= 4 is 11.7 Å². The Bertz CT molecular complexity index is 471. The number of carbonyl (C=O) groups excluding carboxylic acids is 1. The second-order valence-corrected chi connectivity index (χ2v) is 5.53. The van der Waals surface area contributed by atoms with Crippen LogP contribution in [0.5, 0.6) is 0 Å². The third kappa shape index (κ3) is 4.70. The summed E-state index contributed by atoms with van der Waals surface area (Å²) in [6, 6.07) is 3.68. The first-order chi connectivity index (χ1) is 10.2. The molecule has 5 heteroatoms. The van der Waals surface area contributed by atoms with Crippen molar-refractivity contribution in [3.05, 3.63) is 23.4 Å². The molecule has 1 atom stereocenters. The predicted octanol–water partition coefficient (Wildman–Crippen LogP) is 2.23. The van der Waals surface area contributed by atoms with Crippen LogP contribution in [0.2, 0.25) is 0 Å². The third-order valence-corrected chi connectivity index (χ3v) is 3.71. The number of aryl methyl sites for hydroxylation is 1. The molecule has 2 heterocycles. The molecule has 1 aliphatic rings. The standard InChI is InChI=1S/C16H25N3O2/c1-3-5-14-8-13(9-15(17-2)19-14)16(20)18-10-12-6-4-7-21-11-12/h8-9,12H,3-7,10-11H2,1-2H3,(H,17,19)(H,18,20). The Hall–Kier alpha value is -1.62. The maximum absolute atomic E-state index is 12.3. The molecule has 1 aromatic heterocycles. The molecule has 5 nitrogen and oxygen atoms in total. The molecule has 0 bridgehead atoms. The summed E-state index contributed by atoms with van der Waals surface area (Å²) < 4.78 is 5.44. The normalized spacial score (nSPS) is 18.3. The van der Waals surface area contributed by atoms with E-state index in [1.165, 1.54) is 0 Å². The smallest absolute Gasteiger partial charge is 0.251 e. The van der Waals surface area contributed by atoms with Gasteiger partial charge in [-0.3, -0.25) is 4.79 Å². The predicted molar refractivity (Wildman–Crippen MR) is 83.7 cm³/mol. The summed E-state index contributed by atoms with van der Waals surface area (Å²) in [5.41, 5.74) is 1.63. The van der Waals surface area contributed by atoms with E-state index in [0.29, 0.717) is 18.0 Å². The Balaban J connectivity index is 1.98. The SMILES string of the molecule is CCCc1cc(C(=O)NCC2CCCOC2)cc(NC)n1. The summed E-state index contributed by atoms with van der Waals surface area (Å²) >= 11 is 0. The van der Waals surface area contributed by atoms with E-state index in [-0.39, 0.29) is 5.91 Å². The Morgan fingerprint density at radius 2 is 2.33 bits per heavy atom. The molecular weight excluding hydrogens is 266 g/mol. The fourth-order valence-electron chi connectivity index (χ4n) is 2.54. The topological polar surface area (TPSA) is 63.2 Å². The first-order valence-corrected chi connectivity index (χ1v) is 7.77. The zero-order valence-corrected chi connectivity index (χ0v) is 12.9. The average molecular weight is 291 g/mol. The van der Waals surface area contributed by atoms with Crippen LogP contribution in [-0.4, -0.2) is 37.7 Å². The van der Waals surface area contributed by atoms with Crippen LogP contribution >= 0.6 is 0 Å². The summed E-state index contributed by atoms with van der Waals surface area (Å²) in [7, 11) is 1.82. The Morgan fingerprint density at radius 1 is 1.48 bits per heavy atom. The van der Waals surface area contributed by atoms with Crippen molar-refractivity contribution in [2.75, 3.05) is 32.1 Å². The number of hydrogen-bond donors (Lipinski definition) is 2. The number of anilines is 1. The number of carbonyl (C=O) groups is 1. The monoisotopic (exact) mass is 291 g/mol. The largest absolute Gasteiger partial charge is 0.381 e. The molecule has 2 rings (SSSR count). The minimum Gasteiger partial charge on any atom is -0.381 e. The van der Waals surface area contributed by atoms with Crippen LogP contribution in [0.15, 0.2) is 12.1 Å². The number of amides is 1. The zero-order chi connectivity index (χ0) is 15.1. The highest BCUT2D eigenvalue weighted by atomic mass is 16.5. The molecule has 1 aliphatic heterocycles. The van der Waals surface area contributed by atoms with Gasteiger partial charge in [0.1, 0.15) is 5.82 Å². The van der Waals surface area contributed by atoms with E-state index in [0.717, 1.165) is 50.4 Å². The zero-order valence-electron chi connectivity index (χ0n) is 12.9. The number of ether oxygens (including phenoxy) is 1. The number of pyridine rings is 1. The molecule has 1 saturated heterocycles. The van der Waals surface area contributed by atoms with Gasteiger partial charge in [-0.1, -0.05) is 13.3 Å². The van der Waals surface area contributed by atoms with E-state index < -0.39 is 0 Å². The van der Waals surface area contributed by atoms with E-state index in [1.807, 2.05) is 13.1 Å². The van der Waals surface area contributed by atoms with Crippen LogP contribution in [0.25, 0.3) is 0 Å². The highest BCUT2D eigenvalue weighted by Crippen LogP contribution is 2.14. The van der Waals surface area contributed by atoms with E-state index in [9.17, 15) is 4.79 Å². The Kier molecular flexibility index (Phi) is 5.99. The lowest BCUT2D eigenvalue weighted by molar-refractivity contribution is 0.0536. The minimum atomic E-state index is -0.0307. The third-order valence-electron chi connectivity index (χ3n) is 3.71. The van der Waals surface area contributed by atoms with Gasteiger partial charge in [0.15, 0.2) is 0 Å². The number of aromatic nitrogens is 1. The summed E-state index contributed by atoms with van der Waals surface area (Å²) in [6.45, 7) is 4.38. The molecule has 1 unspecified atom stereocenters. The molecule has 1 fully saturated rings. The minimum absolute atomic E-state index is 0.0307. The molecule has 116 valence electrons. The molecule has 1 aromatic rings. The summed E-state index contributed by atoms with van der Waals surface area (Å²) in [5.74, 6) is 1.15. The van der Waals surface area contributed by atoms with Gasteiger partial charge in [-0.15, -0.1) is 0 Å². The van der Waals surface area contributed by atoms with Crippen LogP contribution in [0.4, 0.5) is 5.82 Å². The molecule has 2 N–H and O–H groups in total. The van der Waals surface area contributed by atoms with Gasteiger partial charge in [-0.2, -0.15) is 0 Å². The van der Waals surface area contributed by atoms with Crippen molar-refractivity contribution in [3.63, 3.8) is 0 Å². The van der Waals surface area contributed by atoms with Crippen LogP contribution in [0.1, 0.15) is 42.2 Å². The van der Waals surface area contributed by atoms with Gasteiger partial charge in [0.05, 0.1) is 6.61 Å². The maximum Gasteiger partial charge on any atom is 0.251 e. The van der Waals surface area contributed by atoms with Crippen molar-refractivity contribution in [1.82, 2.24) is 10.3 Å². The van der Waals surface area contributed by atoms with E-state index in [2.05, 4.69) is 22.5 Å². The molecule has 0 radical (unpaired) electrons. The van der Waals surface area contributed by atoms with Crippen molar-refractivity contribution in [2.24, 2.45) is 5.92 Å². The lowest BCUT2D eigenvalue weighted by Crippen LogP contribution is -2.33. The van der Waals surface area contributed by atoms with Crippen molar-refractivity contribution in [2.45, 2.75) is 32.6 Å². The second-order valence-electron chi connectivity index (χ2n) is 5.53. The van der Waals surface area contributed by atoms with Gasteiger partial charge in [0.2, 0.25) is 0 Å². The lowest BCUT2D eigenvalue weighted by atomic mass is 10.0. The molecule has 0 spiro atoms. The van der Waals surface area contributed by atoms with Gasteiger partial charge >= 0.3 is 0 Å². The number of rotatable bonds is 6. The Morgan fingerprint density at radius 3 is 3.00 bits per heavy atom. The molecular formula is C16H25N3O2. The summed E-state index contributed by atoms with van der Waals surface area (Å²) in [4.78, 5) is 16.8. The molecule has 0 aliphatic carbocycles. The number of nitrogens with one attached hydrogen (secondary N) is 2. The Labute approximate surface area is 126 Å². The second kappa shape index (κ2) is 7.98. The van der Waals surface area contributed by atoms with Gasteiger partial charge in [-0.05, 0) is 37.3 Å². The van der Waals surface area contributed by atoms with Crippen LogP contribution in [0.3, 0.4) is 0 Å². The van der Waals surface area contributed by atoms with Gasteiger partial charge < -0.3 is 15.4 Å². The van der Waals surface area contributed by atoms with Crippen LogP contribution < -0.4 is 10.6 Å². The fourth-order valence-corrected chi connectivity index (χ4v) is 2.54. The molecule has 0 aromatic carbocycles. The summed E-state index contributed by atoms with van der Waals surface area (Å²) in [5, 5.41) is 6.03. The van der Waals surface area contributed by atoms with Crippen LogP contribution in [0, 0.1) is 5.92 Å². The van der Waals surface area contributed by atoms with Crippen molar-refractivity contribution in [3.8, 4) is 0 Å². The lowest BCUT2D eigenvalue weighted by Gasteiger charge is -2.22. The molecule has 1 amide bonds. The van der Waals surface area contributed by atoms with Gasteiger partial charge in [-0.25, -0.2) is 4.98 Å². The van der Waals surface area contributed by atoms with Crippen molar-refractivity contribution in [1.29, 1.82) is 0 Å². The van der Waals surface area contributed by atoms with Gasteiger partial charge in [0, 0.05) is 31.5 Å². The summed E-state index contributed by atoms with van der Waals surface area (Å²) in [6.07, 6.45) is 4.10. The average Bonchev–Trinajstić information content (AvgIpc) is 2.53. The first-order valence-electron chi connectivity index (χ1n) is 7.77. The van der Waals surface area contributed by atoms with Crippen molar-refractivity contribution < 1.29 is 9.53 Å².